The van der Waals surface area contributed by atoms with Crippen molar-refractivity contribution >= 4 is 29.9 Å². The average Bonchev–Trinajstić information content (AvgIpc) is 2.55. The van der Waals surface area contributed by atoms with Gasteiger partial charge in [0.05, 0.1) is 5.92 Å². The summed E-state index contributed by atoms with van der Waals surface area (Å²) in [6, 6.07) is 7.69. The van der Waals surface area contributed by atoms with E-state index in [0.29, 0.717) is 13.1 Å². The number of hydrogen-bond donors (Lipinski definition) is 2. The van der Waals surface area contributed by atoms with Crippen LogP contribution in [0.2, 0.25) is 0 Å². The minimum atomic E-state index is -0.395. The number of anilines is 1. The molecule has 1 aromatic carbocycles. The summed E-state index contributed by atoms with van der Waals surface area (Å²) in [5, 5.41) is 3.01. The van der Waals surface area contributed by atoms with Crippen LogP contribution in [0.1, 0.15) is 39.2 Å². The first-order chi connectivity index (χ1) is 11.3. The van der Waals surface area contributed by atoms with E-state index in [0.717, 1.165) is 37.1 Å². The zero-order valence-electron chi connectivity index (χ0n) is 15.4. The number of halogens is 1. The molecule has 5 nitrogen and oxygen atoms in total. The number of piperidine rings is 1. The first-order valence-electron chi connectivity index (χ1n) is 8.69. The highest BCUT2D eigenvalue weighted by Gasteiger charge is 2.33. The average molecular weight is 368 g/mol. The molecule has 0 bridgehead atoms. The fourth-order valence-corrected chi connectivity index (χ4v) is 3.01. The van der Waals surface area contributed by atoms with Crippen molar-refractivity contribution in [1.82, 2.24) is 10.2 Å². The van der Waals surface area contributed by atoms with Gasteiger partial charge in [0.2, 0.25) is 11.8 Å². The van der Waals surface area contributed by atoms with E-state index < -0.39 is 5.41 Å². The van der Waals surface area contributed by atoms with Crippen molar-refractivity contribution in [3.8, 4) is 0 Å². The number of nitrogens with one attached hydrogen (secondary N) is 1. The van der Waals surface area contributed by atoms with Gasteiger partial charge in [-0.05, 0) is 37.0 Å². The third-order valence-electron chi connectivity index (χ3n) is 4.41. The van der Waals surface area contributed by atoms with Crippen molar-refractivity contribution in [2.75, 3.05) is 25.4 Å². The largest absolute Gasteiger partial charge is 0.399 e. The van der Waals surface area contributed by atoms with E-state index in [-0.39, 0.29) is 30.1 Å². The van der Waals surface area contributed by atoms with E-state index in [9.17, 15) is 9.59 Å². The van der Waals surface area contributed by atoms with Crippen LogP contribution in [0.5, 0.6) is 0 Å². The van der Waals surface area contributed by atoms with Gasteiger partial charge in [-0.1, -0.05) is 32.9 Å². The summed E-state index contributed by atoms with van der Waals surface area (Å²) in [5.41, 5.74) is 7.17. The second-order valence-electron chi connectivity index (χ2n) is 7.62. The molecule has 0 saturated carbocycles. The highest BCUT2D eigenvalue weighted by molar-refractivity contribution is 5.85. The summed E-state index contributed by atoms with van der Waals surface area (Å²) in [6.45, 7) is 7.66. The number of amides is 2. The Morgan fingerprint density at radius 1 is 1.24 bits per heavy atom. The molecular weight excluding hydrogens is 338 g/mol. The lowest BCUT2D eigenvalue weighted by atomic mass is 9.91. The highest BCUT2D eigenvalue weighted by atomic mass is 35.5. The maximum Gasteiger partial charge on any atom is 0.227 e. The number of carbonyl (C=O) groups is 2. The van der Waals surface area contributed by atoms with Crippen LogP contribution < -0.4 is 11.1 Å². The molecule has 1 aliphatic heterocycles. The SMILES string of the molecule is CC(C)(C)C(=O)N1CCCC(C(=O)NCCc2ccc(N)cc2)C1.Cl. The molecular formula is C19H30ClN3O2. The van der Waals surface area contributed by atoms with Crippen molar-refractivity contribution in [2.24, 2.45) is 11.3 Å². The van der Waals surface area contributed by atoms with Gasteiger partial charge in [-0.3, -0.25) is 9.59 Å². The quantitative estimate of drug-likeness (QED) is 0.803. The van der Waals surface area contributed by atoms with Crippen LogP contribution in [0, 0.1) is 11.3 Å². The van der Waals surface area contributed by atoms with Crippen LogP contribution in [0.3, 0.4) is 0 Å². The lowest BCUT2D eigenvalue weighted by molar-refractivity contribution is -0.142. The lowest BCUT2D eigenvalue weighted by Gasteiger charge is -2.35. The first-order valence-corrected chi connectivity index (χ1v) is 8.69. The highest BCUT2D eigenvalue weighted by Crippen LogP contribution is 2.23. The molecule has 3 N–H and O–H groups in total. The molecule has 2 rings (SSSR count). The molecule has 0 spiro atoms. The molecule has 140 valence electrons. The van der Waals surface area contributed by atoms with Gasteiger partial charge in [0.1, 0.15) is 0 Å². The number of nitrogens with two attached hydrogens (primary N) is 1. The summed E-state index contributed by atoms with van der Waals surface area (Å²) < 4.78 is 0. The van der Waals surface area contributed by atoms with Gasteiger partial charge in [0, 0.05) is 30.7 Å². The first kappa shape index (κ1) is 21.3. The molecule has 1 heterocycles. The number of nitrogen functional groups attached to an aromatic ring is 1. The van der Waals surface area contributed by atoms with Crippen molar-refractivity contribution in [2.45, 2.75) is 40.0 Å². The Labute approximate surface area is 156 Å². The number of benzene rings is 1. The van der Waals surface area contributed by atoms with Crippen molar-refractivity contribution in [3.63, 3.8) is 0 Å². The van der Waals surface area contributed by atoms with Gasteiger partial charge in [-0.2, -0.15) is 0 Å². The van der Waals surface area contributed by atoms with Crippen LogP contribution in [-0.2, 0) is 16.0 Å². The molecule has 1 unspecified atom stereocenters. The summed E-state index contributed by atoms with van der Waals surface area (Å²) in [7, 11) is 0. The monoisotopic (exact) mass is 367 g/mol. The summed E-state index contributed by atoms with van der Waals surface area (Å²) in [6.07, 6.45) is 2.52. The van der Waals surface area contributed by atoms with Crippen LogP contribution >= 0.6 is 12.4 Å². The predicted molar refractivity (Wildman–Crippen MR) is 104 cm³/mol. The summed E-state index contributed by atoms with van der Waals surface area (Å²) in [5.74, 6) is 0.0789. The Hall–Kier alpha value is -1.75. The Kier molecular flexibility index (Phi) is 7.74. The standard InChI is InChI=1S/C19H29N3O2.ClH/c1-19(2,3)18(24)22-12-4-5-15(13-22)17(23)21-11-10-14-6-8-16(20)9-7-14;/h6-9,15H,4-5,10-13,20H2,1-3H3,(H,21,23);1H. The van der Waals surface area contributed by atoms with Gasteiger partial charge in [0.25, 0.3) is 0 Å². The molecule has 1 atom stereocenters. The Balaban J connectivity index is 0.00000312. The zero-order chi connectivity index (χ0) is 17.7. The molecule has 0 aliphatic carbocycles. The second kappa shape index (κ2) is 9.09. The third-order valence-corrected chi connectivity index (χ3v) is 4.41. The fourth-order valence-electron chi connectivity index (χ4n) is 3.01. The summed E-state index contributed by atoms with van der Waals surface area (Å²) in [4.78, 5) is 26.6. The maximum absolute atomic E-state index is 12.4. The van der Waals surface area contributed by atoms with Crippen molar-refractivity contribution < 1.29 is 9.59 Å². The normalized spacial score (nSPS) is 17.6. The zero-order valence-corrected chi connectivity index (χ0v) is 16.2. The molecule has 2 amide bonds. The maximum atomic E-state index is 12.4. The number of hydrogen-bond acceptors (Lipinski definition) is 3. The molecule has 6 heteroatoms. The lowest BCUT2D eigenvalue weighted by Crippen LogP contribution is -2.48. The minimum absolute atomic E-state index is 0. The van der Waals surface area contributed by atoms with Crippen molar-refractivity contribution in [1.29, 1.82) is 0 Å². The van der Waals surface area contributed by atoms with Gasteiger partial charge >= 0.3 is 0 Å². The van der Waals surface area contributed by atoms with E-state index >= 15 is 0 Å². The van der Waals surface area contributed by atoms with Gasteiger partial charge < -0.3 is 16.0 Å². The predicted octanol–water partition coefficient (Wildman–Crippen LogP) is 2.63. The molecule has 1 saturated heterocycles. The summed E-state index contributed by atoms with van der Waals surface area (Å²) >= 11 is 0. The van der Waals surface area contributed by atoms with Gasteiger partial charge in [-0.25, -0.2) is 0 Å². The molecule has 1 aromatic rings. The van der Waals surface area contributed by atoms with Crippen LogP contribution in [0.4, 0.5) is 5.69 Å². The van der Waals surface area contributed by atoms with Crippen LogP contribution in [0.15, 0.2) is 24.3 Å². The number of carbonyl (C=O) groups excluding carboxylic acids is 2. The smallest absolute Gasteiger partial charge is 0.227 e. The molecule has 1 aliphatic rings. The third kappa shape index (κ3) is 6.24. The second-order valence-corrected chi connectivity index (χ2v) is 7.62. The molecule has 0 radical (unpaired) electrons. The van der Waals surface area contributed by atoms with E-state index in [1.165, 1.54) is 0 Å². The molecule has 0 aromatic heterocycles. The Bertz CT molecular complexity index is 581. The topological polar surface area (TPSA) is 75.4 Å². The van der Waals surface area contributed by atoms with Crippen molar-refractivity contribution in [3.05, 3.63) is 29.8 Å². The molecule has 25 heavy (non-hydrogen) atoms. The van der Waals surface area contributed by atoms with Crippen LogP contribution in [-0.4, -0.2) is 36.3 Å². The van der Waals surface area contributed by atoms with Gasteiger partial charge in [-0.15, -0.1) is 12.4 Å². The van der Waals surface area contributed by atoms with Crippen LogP contribution in [0.25, 0.3) is 0 Å². The Morgan fingerprint density at radius 2 is 1.88 bits per heavy atom. The van der Waals surface area contributed by atoms with E-state index in [1.807, 2.05) is 49.9 Å². The minimum Gasteiger partial charge on any atom is -0.399 e. The van der Waals surface area contributed by atoms with E-state index in [1.54, 1.807) is 0 Å². The van der Waals surface area contributed by atoms with Gasteiger partial charge in [0.15, 0.2) is 0 Å². The van der Waals surface area contributed by atoms with E-state index in [4.69, 9.17) is 5.73 Å². The van der Waals surface area contributed by atoms with E-state index in [2.05, 4.69) is 5.32 Å². The molecule has 1 fully saturated rings. The number of likely N-dealkylation sites (tertiary alicyclic amines) is 1. The Morgan fingerprint density at radius 3 is 2.48 bits per heavy atom. The number of nitrogens with zero attached hydrogens (tertiary/aromatic N) is 1. The number of rotatable bonds is 4. The fraction of sp³-hybridized carbons (Fsp3) is 0.579.